The van der Waals surface area contributed by atoms with Crippen LogP contribution >= 0.6 is 0 Å². The number of urea groups is 1. The third kappa shape index (κ3) is 5.05. The van der Waals surface area contributed by atoms with Gasteiger partial charge in [0.05, 0.1) is 19.2 Å². The third-order valence-electron chi connectivity index (χ3n) is 2.25. The van der Waals surface area contributed by atoms with E-state index in [0.717, 1.165) is 0 Å². The lowest BCUT2D eigenvalue weighted by molar-refractivity contribution is -0.137. The molecule has 6 heteroatoms. The van der Waals surface area contributed by atoms with Crippen molar-refractivity contribution in [2.75, 3.05) is 0 Å². The van der Waals surface area contributed by atoms with Gasteiger partial charge in [0.1, 0.15) is 5.76 Å². The van der Waals surface area contributed by atoms with E-state index in [1.807, 2.05) is 6.92 Å². The molecule has 0 aliphatic rings. The molecule has 0 saturated heterocycles. The van der Waals surface area contributed by atoms with Crippen LogP contribution in [0.25, 0.3) is 0 Å². The first kappa shape index (κ1) is 13.1. The average Bonchev–Trinajstić information content (AvgIpc) is 2.77. The molecule has 0 bridgehead atoms. The summed E-state index contributed by atoms with van der Waals surface area (Å²) < 4.78 is 5.04. The summed E-state index contributed by atoms with van der Waals surface area (Å²) >= 11 is 0. The van der Waals surface area contributed by atoms with E-state index in [1.165, 1.54) is 6.26 Å². The Hall–Kier alpha value is -1.98. The zero-order valence-electron chi connectivity index (χ0n) is 9.60. The fourth-order valence-corrected chi connectivity index (χ4v) is 1.33. The Morgan fingerprint density at radius 3 is 2.82 bits per heavy atom. The van der Waals surface area contributed by atoms with Crippen molar-refractivity contribution in [1.82, 2.24) is 10.6 Å². The van der Waals surface area contributed by atoms with E-state index < -0.39 is 12.0 Å². The van der Waals surface area contributed by atoms with Gasteiger partial charge in [0, 0.05) is 6.04 Å². The van der Waals surface area contributed by atoms with Crippen LogP contribution in [0.5, 0.6) is 0 Å². The first-order valence-electron chi connectivity index (χ1n) is 5.40. The van der Waals surface area contributed by atoms with E-state index in [9.17, 15) is 9.59 Å². The van der Waals surface area contributed by atoms with Crippen molar-refractivity contribution in [3.05, 3.63) is 24.2 Å². The van der Waals surface area contributed by atoms with Crippen LogP contribution in [0.1, 0.15) is 25.5 Å². The van der Waals surface area contributed by atoms with Crippen molar-refractivity contribution >= 4 is 12.0 Å². The standard InChI is InChI=1S/C11H16N2O4/c1-2-8(6-10(14)15)13-11(16)12-7-9-4-3-5-17-9/h3-5,8H,2,6-7H2,1H3,(H,14,15)(H2,12,13,16). The van der Waals surface area contributed by atoms with Crippen LogP contribution in [0.4, 0.5) is 4.79 Å². The highest BCUT2D eigenvalue weighted by Crippen LogP contribution is 2.00. The quantitative estimate of drug-likeness (QED) is 0.699. The summed E-state index contributed by atoms with van der Waals surface area (Å²) in [6.07, 6.45) is 2.01. The first-order chi connectivity index (χ1) is 8.11. The molecule has 3 N–H and O–H groups in total. The van der Waals surface area contributed by atoms with E-state index in [2.05, 4.69) is 10.6 Å². The van der Waals surface area contributed by atoms with E-state index in [0.29, 0.717) is 12.2 Å². The Kier molecular flexibility index (Phi) is 5.06. The summed E-state index contributed by atoms with van der Waals surface area (Å²) in [5.41, 5.74) is 0. The number of nitrogens with one attached hydrogen (secondary N) is 2. The second-order valence-electron chi connectivity index (χ2n) is 3.61. The Balaban J connectivity index is 2.30. The SMILES string of the molecule is CCC(CC(=O)O)NC(=O)NCc1ccco1. The Morgan fingerprint density at radius 2 is 2.29 bits per heavy atom. The van der Waals surface area contributed by atoms with Gasteiger partial charge < -0.3 is 20.2 Å². The molecule has 1 rings (SSSR count). The van der Waals surface area contributed by atoms with Crippen molar-refractivity contribution in [2.24, 2.45) is 0 Å². The topological polar surface area (TPSA) is 91.6 Å². The molecule has 1 aromatic heterocycles. The molecule has 2 amide bonds. The maximum Gasteiger partial charge on any atom is 0.315 e. The summed E-state index contributed by atoms with van der Waals surface area (Å²) in [6, 6.07) is 2.72. The maximum absolute atomic E-state index is 11.4. The summed E-state index contributed by atoms with van der Waals surface area (Å²) in [5, 5.41) is 13.8. The number of hydrogen-bond donors (Lipinski definition) is 3. The Morgan fingerprint density at radius 1 is 1.53 bits per heavy atom. The number of hydrogen-bond acceptors (Lipinski definition) is 3. The van der Waals surface area contributed by atoms with Gasteiger partial charge in [0.25, 0.3) is 0 Å². The van der Waals surface area contributed by atoms with E-state index in [4.69, 9.17) is 9.52 Å². The number of aliphatic carboxylic acids is 1. The molecule has 0 radical (unpaired) electrons. The molecular formula is C11H16N2O4. The number of rotatable bonds is 6. The lowest BCUT2D eigenvalue weighted by Crippen LogP contribution is -2.42. The summed E-state index contributed by atoms with van der Waals surface area (Å²) in [6.45, 7) is 2.10. The van der Waals surface area contributed by atoms with Gasteiger partial charge in [-0.3, -0.25) is 4.79 Å². The number of carboxylic acid groups (broad SMARTS) is 1. The minimum Gasteiger partial charge on any atom is -0.481 e. The van der Waals surface area contributed by atoms with Crippen molar-refractivity contribution in [1.29, 1.82) is 0 Å². The van der Waals surface area contributed by atoms with Crippen LogP contribution in [0.3, 0.4) is 0 Å². The van der Waals surface area contributed by atoms with Crippen molar-refractivity contribution in [3.63, 3.8) is 0 Å². The predicted molar refractivity (Wildman–Crippen MR) is 60.4 cm³/mol. The van der Waals surface area contributed by atoms with Crippen LogP contribution in [0.2, 0.25) is 0 Å². The van der Waals surface area contributed by atoms with Gasteiger partial charge in [0.15, 0.2) is 0 Å². The molecule has 6 nitrogen and oxygen atoms in total. The predicted octanol–water partition coefficient (Wildman–Crippen LogP) is 1.33. The van der Waals surface area contributed by atoms with Gasteiger partial charge in [-0.25, -0.2) is 4.79 Å². The minimum atomic E-state index is -0.928. The van der Waals surface area contributed by atoms with Crippen molar-refractivity contribution in [2.45, 2.75) is 32.4 Å². The number of carbonyl (C=O) groups excluding carboxylic acids is 1. The largest absolute Gasteiger partial charge is 0.481 e. The van der Waals surface area contributed by atoms with Crippen LogP contribution in [0.15, 0.2) is 22.8 Å². The normalized spacial score (nSPS) is 11.8. The van der Waals surface area contributed by atoms with Gasteiger partial charge in [-0.1, -0.05) is 6.92 Å². The van der Waals surface area contributed by atoms with Gasteiger partial charge in [-0.2, -0.15) is 0 Å². The second kappa shape index (κ2) is 6.57. The van der Waals surface area contributed by atoms with Gasteiger partial charge in [0.2, 0.25) is 0 Å². The number of amides is 2. The molecule has 0 aliphatic heterocycles. The lowest BCUT2D eigenvalue weighted by atomic mass is 10.1. The van der Waals surface area contributed by atoms with Crippen molar-refractivity contribution in [3.8, 4) is 0 Å². The minimum absolute atomic E-state index is 0.0787. The van der Waals surface area contributed by atoms with E-state index in [-0.39, 0.29) is 19.0 Å². The molecule has 94 valence electrons. The molecule has 0 spiro atoms. The molecule has 1 heterocycles. The highest BCUT2D eigenvalue weighted by Gasteiger charge is 2.13. The summed E-state index contributed by atoms with van der Waals surface area (Å²) in [7, 11) is 0. The molecule has 1 aromatic rings. The first-order valence-corrected chi connectivity index (χ1v) is 5.40. The third-order valence-corrected chi connectivity index (χ3v) is 2.25. The van der Waals surface area contributed by atoms with Crippen LogP contribution in [-0.2, 0) is 11.3 Å². The number of carboxylic acids is 1. The Labute approximate surface area is 99.0 Å². The summed E-state index contributed by atoms with van der Waals surface area (Å²) in [5.74, 6) is -0.283. The van der Waals surface area contributed by atoms with Crippen LogP contribution < -0.4 is 10.6 Å². The van der Waals surface area contributed by atoms with Crippen LogP contribution in [0, 0.1) is 0 Å². The molecule has 1 atom stereocenters. The van der Waals surface area contributed by atoms with E-state index >= 15 is 0 Å². The Bertz CT molecular complexity index is 362. The fourth-order valence-electron chi connectivity index (χ4n) is 1.33. The lowest BCUT2D eigenvalue weighted by Gasteiger charge is -2.14. The second-order valence-corrected chi connectivity index (χ2v) is 3.61. The molecule has 0 saturated carbocycles. The molecule has 0 aromatic carbocycles. The molecular weight excluding hydrogens is 224 g/mol. The highest BCUT2D eigenvalue weighted by molar-refractivity contribution is 5.75. The molecule has 0 fully saturated rings. The summed E-state index contributed by atoms with van der Waals surface area (Å²) in [4.78, 5) is 21.9. The van der Waals surface area contributed by atoms with E-state index in [1.54, 1.807) is 12.1 Å². The zero-order chi connectivity index (χ0) is 12.7. The van der Waals surface area contributed by atoms with Crippen LogP contribution in [-0.4, -0.2) is 23.1 Å². The molecule has 0 aliphatic carbocycles. The number of furan rings is 1. The molecule has 1 unspecified atom stereocenters. The fraction of sp³-hybridized carbons (Fsp3) is 0.455. The highest BCUT2D eigenvalue weighted by atomic mass is 16.4. The zero-order valence-corrected chi connectivity index (χ0v) is 9.60. The van der Waals surface area contributed by atoms with Crippen molar-refractivity contribution < 1.29 is 19.1 Å². The average molecular weight is 240 g/mol. The maximum atomic E-state index is 11.4. The van der Waals surface area contributed by atoms with Gasteiger partial charge >= 0.3 is 12.0 Å². The number of carbonyl (C=O) groups is 2. The molecule has 17 heavy (non-hydrogen) atoms. The van der Waals surface area contributed by atoms with Gasteiger partial charge in [-0.05, 0) is 18.6 Å². The monoisotopic (exact) mass is 240 g/mol. The smallest absolute Gasteiger partial charge is 0.315 e. The van der Waals surface area contributed by atoms with Gasteiger partial charge in [-0.15, -0.1) is 0 Å².